The second kappa shape index (κ2) is 12.3. The van der Waals surface area contributed by atoms with E-state index in [1.165, 1.54) is 4.90 Å². The lowest BCUT2D eigenvalue weighted by atomic mass is 10.1. The number of anilines is 1. The Kier molecular flexibility index (Phi) is 8.20. The van der Waals surface area contributed by atoms with Crippen molar-refractivity contribution in [2.24, 2.45) is 0 Å². The number of fused-ring (bicyclic) bond motifs is 1. The Morgan fingerprint density at radius 1 is 1.05 bits per heavy atom. The Morgan fingerprint density at radius 2 is 1.95 bits per heavy atom. The summed E-state index contributed by atoms with van der Waals surface area (Å²) >= 11 is 0. The molecule has 0 saturated heterocycles. The number of hydrogen-bond donors (Lipinski definition) is 1. The highest BCUT2D eigenvalue weighted by Gasteiger charge is 2.28. The van der Waals surface area contributed by atoms with Crippen LogP contribution in [0.1, 0.15) is 44.9 Å². The molecule has 0 fully saturated rings. The monoisotopic (exact) mass is 539 g/mol. The fourth-order valence-corrected chi connectivity index (χ4v) is 4.31. The van der Waals surface area contributed by atoms with Crippen LogP contribution in [0.2, 0.25) is 0 Å². The number of carbonyl (C=O) groups excluding carboxylic acids is 3. The van der Waals surface area contributed by atoms with E-state index in [-0.39, 0.29) is 43.1 Å². The SMILES string of the molecule is CCc1cccc(OCC(=O)c2ccc3c(c2)N(Cc2ccc(C(=O)NCCc4ccccn4)o2)C(=O)CO3)c1. The first-order valence-electron chi connectivity index (χ1n) is 13.1. The van der Waals surface area contributed by atoms with Gasteiger partial charge in [0, 0.05) is 30.4 Å². The van der Waals surface area contributed by atoms with Crippen LogP contribution in [0.3, 0.4) is 0 Å². The Balaban J connectivity index is 1.23. The van der Waals surface area contributed by atoms with Crippen molar-refractivity contribution in [1.82, 2.24) is 10.3 Å². The molecule has 9 heteroatoms. The molecule has 2 aromatic heterocycles. The normalized spacial score (nSPS) is 12.4. The minimum atomic E-state index is -0.353. The van der Waals surface area contributed by atoms with Crippen molar-refractivity contribution in [3.8, 4) is 11.5 Å². The van der Waals surface area contributed by atoms with Crippen LogP contribution < -0.4 is 19.7 Å². The fraction of sp³-hybridized carbons (Fsp3) is 0.226. The number of nitrogens with zero attached hydrogens (tertiary/aromatic N) is 2. The summed E-state index contributed by atoms with van der Waals surface area (Å²) in [7, 11) is 0. The molecule has 2 aromatic carbocycles. The summed E-state index contributed by atoms with van der Waals surface area (Å²) in [6, 6.07) is 21.4. The van der Waals surface area contributed by atoms with Crippen LogP contribution >= 0.6 is 0 Å². The van der Waals surface area contributed by atoms with Gasteiger partial charge in [0.2, 0.25) is 0 Å². The van der Waals surface area contributed by atoms with Gasteiger partial charge >= 0.3 is 0 Å². The number of nitrogens with one attached hydrogen (secondary N) is 1. The molecule has 0 atom stereocenters. The largest absolute Gasteiger partial charge is 0.485 e. The van der Waals surface area contributed by atoms with E-state index in [1.807, 2.05) is 42.5 Å². The number of benzene rings is 2. The summed E-state index contributed by atoms with van der Waals surface area (Å²) in [4.78, 5) is 44.0. The van der Waals surface area contributed by atoms with Crippen molar-refractivity contribution in [2.45, 2.75) is 26.3 Å². The minimum Gasteiger partial charge on any atom is -0.485 e. The number of amides is 2. The molecule has 1 aliphatic heterocycles. The Hall–Kier alpha value is -4.92. The van der Waals surface area contributed by atoms with Crippen LogP contribution in [0.5, 0.6) is 11.5 Å². The third kappa shape index (κ3) is 6.37. The van der Waals surface area contributed by atoms with Gasteiger partial charge in [-0.3, -0.25) is 24.3 Å². The van der Waals surface area contributed by atoms with Gasteiger partial charge in [0.15, 0.2) is 24.8 Å². The molecule has 0 unspecified atom stereocenters. The van der Waals surface area contributed by atoms with Crippen molar-refractivity contribution in [1.29, 1.82) is 0 Å². The third-order valence-corrected chi connectivity index (χ3v) is 6.49. The molecule has 0 aliphatic carbocycles. The molecular weight excluding hydrogens is 510 g/mol. The zero-order valence-electron chi connectivity index (χ0n) is 22.1. The molecule has 2 amide bonds. The van der Waals surface area contributed by atoms with Gasteiger partial charge < -0.3 is 19.2 Å². The average molecular weight is 540 g/mol. The molecule has 204 valence electrons. The van der Waals surface area contributed by atoms with Gasteiger partial charge in [0.05, 0.1) is 12.2 Å². The highest BCUT2D eigenvalue weighted by molar-refractivity contribution is 6.02. The van der Waals surface area contributed by atoms with Crippen LogP contribution in [0.15, 0.2) is 83.4 Å². The molecule has 1 aliphatic rings. The lowest BCUT2D eigenvalue weighted by molar-refractivity contribution is -0.121. The number of aryl methyl sites for hydroxylation is 1. The van der Waals surface area contributed by atoms with E-state index in [4.69, 9.17) is 13.9 Å². The summed E-state index contributed by atoms with van der Waals surface area (Å²) in [5.74, 6) is 0.796. The smallest absolute Gasteiger partial charge is 0.287 e. The summed E-state index contributed by atoms with van der Waals surface area (Å²) in [6.45, 7) is 2.26. The van der Waals surface area contributed by atoms with Crippen molar-refractivity contribution in [2.75, 3.05) is 24.7 Å². The van der Waals surface area contributed by atoms with Gasteiger partial charge in [-0.05, 0) is 66.6 Å². The van der Waals surface area contributed by atoms with Gasteiger partial charge in [-0.15, -0.1) is 0 Å². The second-order valence-corrected chi connectivity index (χ2v) is 9.26. The Morgan fingerprint density at radius 3 is 2.77 bits per heavy atom. The van der Waals surface area contributed by atoms with Crippen LogP contribution in [-0.4, -0.2) is 42.3 Å². The van der Waals surface area contributed by atoms with Crippen molar-refractivity contribution in [3.05, 3.63) is 107 Å². The number of furan rings is 1. The number of pyridine rings is 1. The topological polar surface area (TPSA) is 111 Å². The molecule has 1 N–H and O–H groups in total. The van der Waals surface area contributed by atoms with Crippen molar-refractivity contribution in [3.63, 3.8) is 0 Å². The fourth-order valence-electron chi connectivity index (χ4n) is 4.31. The molecule has 0 bridgehead atoms. The maximum atomic E-state index is 12.9. The van der Waals surface area contributed by atoms with E-state index in [0.29, 0.717) is 41.5 Å². The van der Waals surface area contributed by atoms with E-state index >= 15 is 0 Å². The first-order chi connectivity index (χ1) is 19.5. The molecule has 0 spiro atoms. The van der Waals surface area contributed by atoms with Crippen molar-refractivity contribution >= 4 is 23.3 Å². The van der Waals surface area contributed by atoms with E-state index in [0.717, 1.165) is 17.7 Å². The molecular formula is C31H29N3O6. The summed E-state index contributed by atoms with van der Waals surface area (Å²) < 4.78 is 17.0. The molecule has 9 nitrogen and oxygen atoms in total. The predicted octanol–water partition coefficient (Wildman–Crippen LogP) is 4.40. The summed E-state index contributed by atoms with van der Waals surface area (Å²) in [5, 5.41) is 2.82. The third-order valence-electron chi connectivity index (χ3n) is 6.49. The first-order valence-corrected chi connectivity index (χ1v) is 13.1. The van der Waals surface area contributed by atoms with Gasteiger partial charge in [-0.1, -0.05) is 25.1 Å². The number of ketones is 1. The average Bonchev–Trinajstić information content (AvgIpc) is 3.46. The van der Waals surface area contributed by atoms with Crippen LogP contribution in [0.25, 0.3) is 0 Å². The maximum absolute atomic E-state index is 12.9. The van der Waals surface area contributed by atoms with Gasteiger partial charge in [-0.25, -0.2) is 0 Å². The Labute approximate surface area is 231 Å². The second-order valence-electron chi connectivity index (χ2n) is 9.26. The quantitative estimate of drug-likeness (QED) is 0.281. The van der Waals surface area contributed by atoms with Crippen LogP contribution in [0.4, 0.5) is 5.69 Å². The molecule has 3 heterocycles. The Bertz CT molecular complexity index is 1510. The highest BCUT2D eigenvalue weighted by atomic mass is 16.5. The number of ether oxygens (including phenoxy) is 2. The molecule has 0 saturated carbocycles. The minimum absolute atomic E-state index is 0.0777. The zero-order chi connectivity index (χ0) is 27.9. The highest BCUT2D eigenvalue weighted by Crippen LogP contribution is 2.34. The van der Waals surface area contributed by atoms with Crippen molar-refractivity contribution < 1.29 is 28.3 Å². The van der Waals surface area contributed by atoms with Crippen LogP contribution in [0, 0.1) is 0 Å². The lowest BCUT2D eigenvalue weighted by Gasteiger charge is -2.29. The maximum Gasteiger partial charge on any atom is 0.287 e. The van der Waals surface area contributed by atoms with Gasteiger partial charge in [-0.2, -0.15) is 0 Å². The van der Waals surface area contributed by atoms with E-state index < -0.39 is 0 Å². The van der Waals surface area contributed by atoms with Gasteiger partial charge in [0.25, 0.3) is 11.8 Å². The number of hydrogen-bond acceptors (Lipinski definition) is 7. The molecule has 5 rings (SSSR count). The van der Waals surface area contributed by atoms with E-state index in [2.05, 4.69) is 17.2 Å². The lowest BCUT2D eigenvalue weighted by Crippen LogP contribution is -2.38. The summed E-state index contributed by atoms with van der Waals surface area (Å²) in [6.07, 6.45) is 3.17. The zero-order valence-corrected chi connectivity index (χ0v) is 22.1. The molecule has 40 heavy (non-hydrogen) atoms. The summed E-state index contributed by atoms with van der Waals surface area (Å²) in [5.41, 5.74) is 2.84. The molecule has 4 aromatic rings. The number of aromatic nitrogens is 1. The van der Waals surface area contributed by atoms with E-state index in [1.54, 1.807) is 36.5 Å². The number of Topliss-reactive ketones (excluding diaryl/α,β-unsaturated/α-hetero) is 1. The van der Waals surface area contributed by atoms with Crippen LogP contribution in [-0.2, 0) is 24.2 Å². The first kappa shape index (κ1) is 26.7. The molecule has 0 radical (unpaired) electrons. The van der Waals surface area contributed by atoms with Gasteiger partial charge in [0.1, 0.15) is 17.3 Å². The number of carbonyl (C=O) groups is 3. The standard InChI is InChI=1S/C31H29N3O6/c1-2-21-6-5-8-24(16-21)38-19-27(35)22-9-11-28-26(17-22)34(30(36)20-39-28)18-25-10-12-29(40-25)31(37)33-15-13-23-7-3-4-14-32-23/h3-12,14,16-17H,2,13,15,18-20H2,1H3,(H,33,37). The predicted molar refractivity (Wildman–Crippen MR) is 148 cm³/mol. The van der Waals surface area contributed by atoms with E-state index in [9.17, 15) is 14.4 Å². The number of rotatable bonds is 11.